The van der Waals surface area contributed by atoms with E-state index in [4.69, 9.17) is 5.73 Å². The second-order valence-electron chi connectivity index (χ2n) is 4.46. The average Bonchev–Trinajstić information content (AvgIpc) is 2.94. The van der Waals surface area contributed by atoms with E-state index in [0.29, 0.717) is 10.6 Å². The predicted octanol–water partition coefficient (Wildman–Crippen LogP) is 1.93. The summed E-state index contributed by atoms with van der Waals surface area (Å²) in [6.07, 6.45) is 2.46. The lowest BCUT2D eigenvalue weighted by Crippen LogP contribution is -2.18. The van der Waals surface area contributed by atoms with Crippen molar-refractivity contribution in [2.24, 2.45) is 5.92 Å². The number of nitrogen functional groups attached to an aromatic ring is 1. The van der Waals surface area contributed by atoms with E-state index in [1.54, 1.807) is 7.05 Å². The second kappa shape index (κ2) is 4.96. The van der Waals surface area contributed by atoms with Gasteiger partial charge in [0.15, 0.2) is 0 Å². The zero-order valence-corrected chi connectivity index (χ0v) is 11.1. The van der Waals surface area contributed by atoms with Crippen LogP contribution in [0.4, 0.5) is 10.7 Å². The fraction of sp³-hybridized carbons (Fsp3) is 0.583. The predicted molar refractivity (Wildman–Crippen MR) is 72.7 cm³/mol. The Morgan fingerprint density at radius 1 is 1.71 bits per heavy atom. The number of amides is 1. The first-order chi connectivity index (χ1) is 8.15. The number of hydrogen-bond acceptors (Lipinski definition) is 4. The summed E-state index contributed by atoms with van der Waals surface area (Å²) in [5.41, 5.74) is 6.46. The molecule has 4 nitrogen and oxygen atoms in total. The third-order valence-electron chi connectivity index (χ3n) is 3.36. The smallest absolute Gasteiger partial charge is 0.263 e. The van der Waals surface area contributed by atoms with Gasteiger partial charge < -0.3 is 16.0 Å². The van der Waals surface area contributed by atoms with E-state index in [0.717, 1.165) is 24.0 Å². The van der Waals surface area contributed by atoms with E-state index < -0.39 is 0 Å². The summed E-state index contributed by atoms with van der Waals surface area (Å²) >= 11 is 1.49. The Kier molecular flexibility index (Phi) is 3.57. The first kappa shape index (κ1) is 12.2. The molecular formula is C12H19N3OS. The number of anilines is 2. The molecule has 1 aromatic rings. The molecule has 1 atom stereocenters. The van der Waals surface area contributed by atoms with Crippen LogP contribution < -0.4 is 16.0 Å². The Hall–Kier alpha value is -1.23. The van der Waals surface area contributed by atoms with Gasteiger partial charge >= 0.3 is 0 Å². The fourth-order valence-electron chi connectivity index (χ4n) is 2.20. The molecule has 1 amide bonds. The van der Waals surface area contributed by atoms with Crippen molar-refractivity contribution in [3.05, 3.63) is 10.9 Å². The number of carbonyl (C=O) groups excluding carboxylic acids is 1. The molecule has 17 heavy (non-hydrogen) atoms. The summed E-state index contributed by atoms with van der Waals surface area (Å²) < 4.78 is 0. The van der Waals surface area contributed by atoms with Gasteiger partial charge in [0, 0.05) is 20.1 Å². The highest BCUT2D eigenvalue weighted by atomic mass is 32.1. The topological polar surface area (TPSA) is 58.4 Å². The number of nitrogens with two attached hydrogens (primary N) is 1. The molecule has 0 bridgehead atoms. The molecule has 0 aliphatic carbocycles. The Morgan fingerprint density at radius 2 is 2.47 bits per heavy atom. The van der Waals surface area contributed by atoms with Gasteiger partial charge in [-0.3, -0.25) is 4.79 Å². The van der Waals surface area contributed by atoms with Gasteiger partial charge in [0.25, 0.3) is 5.91 Å². The van der Waals surface area contributed by atoms with Crippen molar-refractivity contribution in [1.29, 1.82) is 0 Å². The minimum atomic E-state index is -0.0926. The van der Waals surface area contributed by atoms with E-state index in [1.165, 1.54) is 24.2 Å². The quantitative estimate of drug-likeness (QED) is 0.865. The number of nitrogens with one attached hydrogen (secondary N) is 1. The minimum Gasteiger partial charge on any atom is -0.397 e. The molecule has 1 saturated heterocycles. The first-order valence-corrected chi connectivity index (χ1v) is 6.83. The van der Waals surface area contributed by atoms with Crippen molar-refractivity contribution >= 4 is 27.9 Å². The van der Waals surface area contributed by atoms with Gasteiger partial charge in [0.2, 0.25) is 0 Å². The van der Waals surface area contributed by atoms with E-state index in [1.807, 2.05) is 6.07 Å². The molecule has 2 rings (SSSR count). The number of hydrogen-bond donors (Lipinski definition) is 2. The van der Waals surface area contributed by atoms with Crippen molar-refractivity contribution in [2.45, 2.75) is 19.8 Å². The van der Waals surface area contributed by atoms with Gasteiger partial charge in [-0.15, -0.1) is 11.3 Å². The van der Waals surface area contributed by atoms with Gasteiger partial charge in [-0.25, -0.2) is 0 Å². The summed E-state index contributed by atoms with van der Waals surface area (Å²) in [5, 5.41) is 3.74. The molecule has 1 fully saturated rings. The molecule has 1 aromatic heterocycles. The molecule has 2 heterocycles. The van der Waals surface area contributed by atoms with E-state index in [2.05, 4.69) is 17.1 Å². The van der Waals surface area contributed by atoms with Crippen molar-refractivity contribution in [1.82, 2.24) is 5.32 Å². The lowest BCUT2D eigenvalue weighted by Gasteiger charge is -2.15. The average molecular weight is 253 g/mol. The van der Waals surface area contributed by atoms with Crippen LogP contribution in [0.2, 0.25) is 0 Å². The molecular weight excluding hydrogens is 234 g/mol. The third kappa shape index (κ3) is 2.39. The van der Waals surface area contributed by atoms with Crippen LogP contribution in [0, 0.1) is 5.92 Å². The molecule has 3 N–H and O–H groups in total. The highest BCUT2D eigenvalue weighted by Crippen LogP contribution is 2.35. The molecule has 1 aliphatic heterocycles. The van der Waals surface area contributed by atoms with Crippen LogP contribution in [0.1, 0.15) is 29.4 Å². The number of rotatable bonds is 3. The highest BCUT2D eigenvalue weighted by Gasteiger charge is 2.24. The standard InChI is InChI=1S/C12H19N3OS/c1-3-8-4-5-15(7-8)10-6-9(13)11(17-10)12(16)14-2/h6,8H,3-5,7,13H2,1-2H3,(H,14,16). The molecule has 0 saturated carbocycles. The fourth-order valence-corrected chi connectivity index (χ4v) is 3.27. The van der Waals surface area contributed by atoms with Crippen molar-refractivity contribution < 1.29 is 4.79 Å². The maximum Gasteiger partial charge on any atom is 0.263 e. The number of carbonyl (C=O) groups is 1. The Labute approximate surface area is 106 Å². The van der Waals surface area contributed by atoms with Gasteiger partial charge in [0.05, 0.1) is 10.7 Å². The maximum atomic E-state index is 11.6. The van der Waals surface area contributed by atoms with Gasteiger partial charge in [-0.2, -0.15) is 0 Å². The highest BCUT2D eigenvalue weighted by molar-refractivity contribution is 7.18. The van der Waals surface area contributed by atoms with E-state index in [9.17, 15) is 4.79 Å². The Bertz CT molecular complexity index is 416. The monoisotopic (exact) mass is 253 g/mol. The SMILES string of the molecule is CCC1CCN(c2cc(N)c(C(=O)NC)s2)C1. The van der Waals surface area contributed by atoms with Crippen LogP contribution in [-0.4, -0.2) is 26.0 Å². The molecule has 1 unspecified atom stereocenters. The molecule has 0 aromatic carbocycles. The van der Waals surface area contributed by atoms with E-state index in [-0.39, 0.29) is 5.91 Å². The first-order valence-electron chi connectivity index (χ1n) is 6.02. The van der Waals surface area contributed by atoms with Gasteiger partial charge in [-0.1, -0.05) is 13.3 Å². The van der Waals surface area contributed by atoms with E-state index >= 15 is 0 Å². The normalized spacial score (nSPS) is 19.6. The van der Waals surface area contributed by atoms with Crippen LogP contribution in [0.3, 0.4) is 0 Å². The van der Waals surface area contributed by atoms with Crippen LogP contribution in [0.15, 0.2) is 6.07 Å². The summed E-state index contributed by atoms with van der Waals surface area (Å²) in [6.45, 7) is 4.39. The lowest BCUT2D eigenvalue weighted by molar-refractivity contribution is 0.0968. The Morgan fingerprint density at radius 3 is 3.06 bits per heavy atom. The van der Waals surface area contributed by atoms with Gasteiger partial charge in [-0.05, 0) is 18.4 Å². The summed E-state index contributed by atoms with van der Waals surface area (Å²) in [5.74, 6) is 0.687. The van der Waals surface area contributed by atoms with Crippen LogP contribution >= 0.6 is 11.3 Å². The van der Waals surface area contributed by atoms with Crippen LogP contribution in [0.5, 0.6) is 0 Å². The van der Waals surface area contributed by atoms with Crippen LogP contribution in [0.25, 0.3) is 0 Å². The Balaban J connectivity index is 2.15. The van der Waals surface area contributed by atoms with Crippen molar-refractivity contribution in [3.63, 3.8) is 0 Å². The van der Waals surface area contributed by atoms with Gasteiger partial charge in [0.1, 0.15) is 4.88 Å². The molecule has 0 spiro atoms. The number of thiophene rings is 1. The molecule has 0 radical (unpaired) electrons. The largest absolute Gasteiger partial charge is 0.397 e. The summed E-state index contributed by atoms with van der Waals surface area (Å²) in [7, 11) is 1.63. The minimum absolute atomic E-state index is 0.0926. The second-order valence-corrected chi connectivity index (χ2v) is 5.49. The molecule has 94 valence electrons. The summed E-state index contributed by atoms with van der Waals surface area (Å²) in [4.78, 5) is 14.5. The summed E-state index contributed by atoms with van der Waals surface area (Å²) in [6, 6.07) is 1.92. The van der Waals surface area contributed by atoms with Crippen LogP contribution in [-0.2, 0) is 0 Å². The lowest BCUT2D eigenvalue weighted by atomic mass is 10.1. The zero-order valence-electron chi connectivity index (χ0n) is 10.3. The maximum absolute atomic E-state index is 11.6. The zero-order chi connectivity index (χ0) is 12.4. The van der Waals surface area contributed by atoms with Crippen molar-refractivity contribution in [3.8, 4) is 0 Å². The van der Waals surface area contributed by atoms with Crippen molar-refractivity contribution in [2.75, 3.05) is 30.8 Å². The third-order valence-corrected chi connectivity index (χ3v) is 4.57. The molecule has 5 heteroatoms. The molecule has 1 aliphatic rings. The number of nitrogens with zero attached hydrogens (tertiary/aromatic N) is 1.